The van der Waals surface area contributed by atoms with Gasteiger partial charge in [-0.2, -0.15) is 4.57 Å². The molecule has 0 bridgehead atoms. The Bertz CT molecular complexity index is 1460. The maximum Gasteiger partial charge on any atom is 0.352 e. The van der Waals surface area contributed by atoms with Crippen molar-refractivity contribution in [1.82, 2.24) is 15.2 Å². The molecule has 2 aliphatic heterocycles. The number of nitrogens with two attached hydrogens (primary N) is 1. The molecule has 1 fully saturated rings. The summed E-state index contributed by atoms with van der Waals surface area (Å²) in [6, 6.07) is 3.09. The van der Waals surface area contributed by atoms with Crippen molar-refractivity contribution in [1.29, 1.82) is 0 Å². The highest BCUT2D eigenvalue weighted by Crippen LogP contribution is 2.40. The van der Waals surface area contributed by atoms with Crippen LogP contribution in [0, 0.1) is 6.92 Å². The van der Waals surface area contributed by atoms with Gasteiger partial charge in [0.25, 0.3) is 11.8 Å². The Morgan fingerprint density at radius 1 is 1.39 bits per heavy atom. The van der Waals surface area contributed by atoms with Gasteiger partial charge in [0.1, 0.15) is 34.6 Å². The van der Waals surface area contributed by atoms with E-state index in [1.165, 1.54) is 23.8 Å². The monoisotopic (exact) mass is 545 g/mol. The number of oxime groups is 1. The Kier molecular flexibility index (Phi) is 6.40. The minimum atomic E-state index is -1.18. The Labute approximate surface area is 217 Å². The highest BCUT2D eigenvalue weighted by atomic mass is 32.2. The topological polar surface area (TPSA) is 151 Å². The maximum absolute atomic E-state index is 13.1. The van der Waals surface area contributed by atoms with Crippen molar-refractivity contribution in [2.75, 3.05) is 18.6 Å². The molecule has 14 heteroatoms. The first-order chi connectivity index (χ1) is 17.3. The van der Waals surface area contributed by atoms with Crippen LogP contribution in [0.2, 0.25) is 0 Å². The maximum atomic E-state index is 13.1. The van der Waals surface area contributed by atoms with Crippen LogP contribution < -0.4 is 15.6 Å². The zero-order chi connectivity index (χ0) is 25.6. The molecule has 5 rings (SSSR count). The number of nitrogens with one attached hydrogen (secondary N) is 1. The van der Waals surface area contributed by atoms with Gasteiger partial charge < -0.3 is 21.0 Å². The Morgan fingerprint density at radius 2 is 2.19 bits per heavy atom. The van der Waals surface area contributed by atoms with Crippen LogP contribution in [-0.4, -0.2) is 62.8 Å². The van der Waals surface area contributed by atoms with Crippen LogP contribution in [0.15, 0.2) is 45.5 Å². The lowest BCUT2D eigenvalue weighted by molar-refractivity contribution is -0.663. The summed E-state index contributed by atoms with van der Waals surface area (Å²) >= 11 is 4.17. The summed E-state index contributed by atoms with van der Waals surface area (Å²) in [6.45, 7) is 2.37. The Morgan fingerprint density at radius 3 is 2.89 bits per heavy atom. The van der Waals surface area contributed by atoms with Crippen LogP contribution in [-0.2, 0) is 25.8 Å². The Hall–Kier alpha value is -3.49. The van der Waals surface area contributed by atoms with E-state index in [0.29, 0.717) is 17.9 Å². The summed E-state index contributed by atoms with van der Waals surface area (Å²) in [7, 11) is 1.29. The quantitative estimate of drug-likeness (QED) is 0.174. The second-order valence-electron chi connectivity index (χ2n) is 8.07. The first-order valence-electron chi connectivity index (χ1n) is 10.7. The van der Waals surface area contributed by atoms with Gasteiger partial charge in [0.2, 0.25) is 5.52 Å². The number of β-lactam (4-membered cyclic amide) rings is 1. The van der Waals surface area contributed by atoms with Crippen LogP contribution in [0.1, 0.15) is 11.3 Å². The van der Waals surface area contributed by atoms with Crippen molar-refractivity contribution in [3.8, 4) is 0 Å². The number of hydrogen-bond donors (Lipinski definition) is 3. The number of rotatable bonds is 7. The standard InChI is InChI=1S/C22H20N6O5S3/c1-10-3-5-27(13-4-6-34-17(10)13)7-11-8-35-20-15(19(30)28(20)16(11)21(31)32)25-18(29)14(26-33-2)12-9-36-22(23)24-12/h3-6,9,15,20H,7-8H2,1-2H3,(H3-,23,24,25,29,31,32)/p+1/b26-14-/t15?,20-/m1/s1. The van der Waals surface area contributed by atoms with Crippen molar-refractivity contribution >= 4 is 73.3 Å². The van der Waals surface area contributed by atoms with Gasteiger partial charge in [0.05, 0.1) is 0 Å². The fourth-order valence-electron chi connectivity index (χ4n) is 4.23. The lowest BCUT2D eigenvalue weighted by Gasteiger charge is -2.49. The molecule has 2 aliphatic rings. The van der Waals surface area contributed by atoms with Gasteiger partial charge in [-0.1, -0.05) is 5.16 Å². The highest BCUT2D eigenvalue weighted by molar-refractivity contribution is 8.00. The van der Waals surface area contributed by atoms with Crippen molar-refractivity contribution in [2.24, 2.45) is 5.16 Å². The molecule has 0 saturated carbocycles. The summed E-state index contributed by atoms with van der Waals surface area (Å²) in [5.74, 6) is -1.94. The number of thiazole rings is 1. The van der Waals surface area contributed by atoms with E-state index < -0.39 is 29.2 Å². The highest BCUT2D eigenvalue weighted by Gasteiger charge is 2.54. The van der Waals surface area contributed by atoms with Crippen molar-refractivity contribution in [2.45, 2.75) is 24.9 Å². The van der Waals surface area contributed by atoms with E-state index >= 15 is 0 Å². The number of anilines is 1. The first kappa shape index (κ1) is 24.2. The number of nitrogens with zero attached hydrogens (tertiary/aromatic N) is 4. The fourth-order valence-corrected chi connectivity index (χ4v) is 7.01. The van der Waals surface area contributed by atoms with Crippen LogP contribution in [0.3, 0.4) is 0 Å². The number of pyridine rings is 1. The summed E-state index contributed by atoms with van der Waals surface area (Å²) < 4.78 is 3.13. The third kappa shape index (κ3) is 4.10. The molecule has 0 aromatic carbocycles. The molecule has 0 spiro atoms. The van der Waals surface area contributed by atoms with Crippen molar-refractivity contribution < 1.29 is 28.9 Å². The SMILES string of the molecule is CO/N=C(\C(=O)NC1C(=O)N2C(C(=O)O)=C(C[n+]3ccc(C)c4sccc43)CS[C@H]12)c1csc(N)n1. The minimum Gasteiger partial charge on any atom is -0.477 e. The lowest BCUT2D eigenvalue weighted by atomic mass is 10.0. The summed E-state index contributed by atoms with van der Waals surface area (Å²) in [5.41, 5.74) is 8.51. The van der Waals surface area contributed by atoms with Gasteiger partial charge >= 0.3 is 5.97 Å². The molecule has 0 radical (unpaired) electrons. The van der Waals surface area contributed by atoms with Crippen LogP contribution in [0.4, 0.5) is 5.13 Å². The number of nitrogen functional groups attached to an aromatic ring is 1. The van der Waals surface area contributed by atoms with Gasteiger partial charge in [0, 0.05) is 28.8 Å². The third-order valence-electron chi connectivity index (χ3n) is 5.88. The molecule has 2 amide bonds. The molecule has 3 aromatic heterocycles. The average molecular weight is 546 g/mol. The molecule has 11 nitrogen and oxygen atoms in total. The van der Waals surface area contributed by atoms with Gasteiger partial charge in [-0.05, 0) is 17.9 Å². The number of fused-ring (bicyclic) bond motifs is 2. The lowest BCUT2D eigenvalue weighted by Crippen LogP contribution is -2.71. The molecule has 4 N–H and O–H groups in total. The smallest absolute Gasteiger partial charge is 0.352 e. The molecule has 36 heavy (non-hydrogen) atoms. The molecule has 1 unspecified atom stereocenters. The molecule has 3 aromatic rings. The minimum absolute atomic E-state index is 0.0382. The molecule has 186 valence electrons. The van der Waals surface area contributed by atoms with Gasteiger partial charge in [-0.25, -0.2) is 9.78 Å². The summed E-state index contributed by atoms with van der Waals surface area (Å²) in [5, 5.41) is 19.7. The molecule has 5 heterocycles. The van der Waals surface area contributed by atoms with E-state index in [2.05, 4.69) is 15.5 Å². The largest absolute Gasteiger partial charge is 0.477 e. The number of carboxylic acids is 1. The number of aliphatic carboxylic acids is 1. The molecule has 0 aliphatic carbocycles. The predicted molar refractivity (Wildman–Crippen MR) is 137 cm³/mol. The number of carbonyl (C=O) groups is 3. The Balaban J connectivity index is 1.38. The third-order valence-corrected chi connectivity index (χ3v) is 8.93. The average Bonchev–Trinajstić information content (AvgIpc) is 3.52. The number of carboxylic acid groups (broad SMARTS) is 1. The van der Waals surface area contributed by atoms with E-state index in [4.69, 9.17) is 10.6 Å². The van der Waals surface area contributed by atoms with Crippen LogP contribution in [0.25, 0.3) is 10.2 Å². The summed E-state index contributed by atoms with van der Waals surface area (Å²) in [4.78, 5) is 48.3. The number of thiophene rings is 1. The molecule has 1 saturated heterocycles. The number of aryl methyl sites for hydroxylation is 1. The number of aromatic nitrogens is 2. The zero-order valence-electron chi connectivity index (χ0n) is 19.1. The first-order valence-corrected chi connectivity index (χ1v) is 13.5. The predicted octanol–water partition coefficient (Wildman–Crippen LogP) is 1.33. The summed E-state index contributed by atoms with van der Waals surface area (Å²) in [6.07, 6.45) is 1.93. The van der Waals surface area contributed by atoms with Crippen molar-refractivity contribution in [3.05, 3.63) is 51.6 Å². The van der Waals surface area contributed by atoms with Gasteiger partial charge in [0.15, 0.2) is 23.6 Å². The zero-order valence-corrected chi connectivity index (χ0v) is 21.6. The van der Waals surface area contributed by atoms with Crippen LogP contribution in [0.5, 0.6) is 0 Å². The van der Waals surface area contributed by atoms with E-state index in [-0.39, 0.29) is 22.2 Å². The van der Waals surface area contributed by atoms with E-state index in [9.17, 15) is 19.5 Å². The number of amides is 2. The van der Waals surface area contributed by atoms with Gasteiger partial charge in [-0.15, -0.1) is 34.4 Å². The molecular weight excluding hydrogens is 524 g/mol. The van der Waals surface area contributed by atoms with E-state index in [1.807, 2.05) is 35.2 Å². The number of carbonyl (C=O) groups excluding carboxylic acids is 2. The fraction of sp³-hybridized carbons (Fsp3) is 0.273. The van der Waals surface area contributed by atoms with Crippen LogP contribution >= 0.6 is 34.4 Å². The van der Waals surface area contributed by atoms with Crippen molar-refractivity contribution in [3.63, 3.8) is 0 Å². The van der Waals surface area contributed by atoms with Gasteiger partial charge in [-0.3, -0.25) is 14.5 Å². The molecule has 2 atom stereocenters. The second kappa shape index (κ2) is 9.52. The normalized spacial score (nSPS) is 19.8. The second-order valence-corrected chi connectivity index (χ2v) is 11.0. The van der Waals surface area contributed by atoms with E-state index in [1.54, 1.807) is 16.7 Å². The molecular formula is C22H21N6O5S3+. The van der Waals surface area contributed by atoms with E-state index in [0.717, 1.165) is 27.1 Å². The number of hydrogen-bond acceptors (Lipinski definition) is 10. The number of thioether (sulfide) groups is 1.